The van der Waals surface area contributed by atoms with Gasteiger partial charge in [-0.15, -0.1) is 11.8 Å². The molecule has 0 aliphatic heterocycles. The van der Waals surface area contributed by atoms with Gasteiger partial charge < -0.3 is 5.32 Å². The molecule has 1 N–H and O–H groups in total. The fourth-order valence-electron chi connectivity index (χ4n) is 1.89. The Hall–Kier alpha value is -2.25. The molecule has 1 amide bonds. The minimum Gasteiger partial charge on any atom is -0.325 e. The standard InChI is InChI=1S/C16H14N2OS/c1-20-15-5-3-2-4-14(15)12-6-8-13(9-7-12)18-16(19)10-11-17/h2-9H,10H2,1H3,(H,18,19). The Labute approximate surface area is 122 Å². The van der Waals surface area contributed by atoms with Gasteiger partial charge in [0, 0.05) is 10.6 Å². The Balaban J connectivity index is 2.20. The van der Waals surface area contributed by atoms with Crippen LogP contribution in [-0.4, -0.2) is 12.2 Å². The number of benzene rings is 2. The van der Waals surface area contributed by atoms with Gasteiger partial charge in [0.05, 0.1) is 6.07 Å². The predicted octanol–water partition coefficient (Wildman–Crippen LogP) is 3.93. The minimum absolute atomic E-state index is 0.128. The van der Waals surface area contributed by atoms with Crippen molar-refractivity contribution in [2.24, 2.45) is 0 Å². The number of anilines is 1. The van der Waals surface area contributed by atoms with Crippen LogP contribution >= 0.6 is 11.8 Å². The lowest BCUT2D eigenvalue weighted by Crippen LogP contribution is -2.09. The van der Waals surface area contributed by atoms with Crippen LogP contribution in [0.25, 0.3) is 11.1 Å². The van der Waals surface area contributed by atoms with Crippen LogP contribution < -0.4 is 5.32 Å². The summed E-state index contributed by atoms with van der Waals surface area (Å²) in [6, 6.07) is 17.7. The van der Waals surface area contributed by atoms with E-state index >= 15 is 0 Å². The summed E-state index contributed by atoms with van der Waals surface area (Å²) in [7, 11) is 0. The molecule has 100 valence electrons. The number of carbonyl (C=O) groups excluding carboxylic acids is 1. The van der Waals surface area contributed by atoms with Gasteiger partial charge in [-0.1, -0.05) is 30.3 Å². The summed E-state index contributed by atoms with van der Waals surface area (Å²) < 4.78 is 0. The van der Waals surface area contributed by atoms with E-state index in [0.29, 0.717) is 5.69 Å². The molecule has 0 unspecified atom stereocenters. The van der Waals surface area contributed by atoms with Crippen molar-refractivity contribution in [2.45, 2.75) is 11.3 Å². The summed E-state index contributed by atoms with van der Waals surface area (Å²) in [5.41, 5.74) is 2.98. The molecule has 0 fully saturated rings. The number of rotatable bonds is 4. The number of hydrogen-bond donors (Lipinski definition) is 1. The first-order valence-corrected chi connectivity index (χ1v) is 7.37. The summed E-state index contributed by atoms with van der Waals surface area (Å²) in [4.78, 5) is 12.5. The highest BCUT2D eigenvalue weighted by Gasteiger charge is 2.05. The van der Waals surface area contributed by atoms with Crippen molar-refractivity contribution in [1.82, 2.24) is 0 Å². The summed E-state index contributed by atoms with van der Waals surface area (Å²) >= 11 is 1.71. The van der Waals surface area contributed by atoms with E-state index in [0.717, 1.165) is 5.56 Å². The van der Waals surface area contributed by atoms with Gasteiger partial charge in [-0.25, -0.2) is 0 Å². The van der Waals surface area contributed by atoms with Gasteiger partial charge in [0.2, 0.25) is 5.91 Å². The second kappa shape index (κ2) is 6.78. The molecule has 2 rings (SSSR count). The number of nitrogens with zero attached hydrogens (tertiary/aromatic N) is 1. The van der Waals surface area contributed by atoms with Crippen LogP contribution in [0.3, 0.4) is 0 Å². The third kappa shape index (κ3) is 3.40. The van der Waals surface area contributed by atoms with Crippen LogP contribution in [0.4, 0.5) is 5.69 Å². The van der Waals surface area contributed by atoms with E-state index in [2.05, 4.69) is 23.7 Å². The maximum Gasteiger partial charge on any atom is 0.238 e. The number of hydrogen-bond acceptors (Lipinski definition) is 3. The molecule has 0 aliphatic carbocycles. The number of nitriles is 1. The highest BCUT2D eigenvalue weighted by Crippen LogP contribution is 2.30. The zero-order valence-corrected chi connectivity index (χ0v) is 11.9. The first kappa shape index (κ1) is 14.2. The van der Waals surface area contributed by atoms with Crippen molar-refractivity contribution in [1.29, 1.82) is 5.26 Å². The Bertz CT molecular complexity index is 644. The Kier molecular flexibility index (Phi) is 4.80. The first-order chi connectivity index (χ1) is 9.74. The first-order valence-electron chi connectivity index (χ1n) is 6.15. The monoisotopic (exact) mass is 282 g/mol. The molecule has 0 aromatic heterocycles. The maximum absolute atomic E-state index is 11.3. The van der Waals surface area contributed by atoms with E-state index in [1.54, 1.807) is 11.8 Å². The number of thioether (sulfide) groups is 1. The van der Waals surface area contributed by atoms with Gasteiger partial charge >= 0.3 is 0 Å². The molecule has 0 bridgehead atoms. The van der Waals surface area contributed by atoms with Crippen LogP contribution in [0, 0.1) is 11.3 Å². The van der Waals surface area contributed by atoms with Gasteiger partial charge in [0.1, 0.15) is 6.42 Å². The smallest absolute Gasteiger partial charge is 0.238 e. The molecule has 0 aliphatic rings. The maximum atomic E-state index is 11.3. The van der Waals surface area contributed by atoms with Crippen LogP contribution in [0.5, 0.6) is 0 Å². The fraction of sp³-hybridized carbons (Fsp3) is 0.125. The zero-order valence-electron chi connectivity index (χ0n) is 11.1. The van der Waals surface area contributed by atoms with Crippen LogP contribution in [-0.2, 0) is 4.79 Å². The van der Waals surface area contributed by atoms with Crippen molar-refractivity contribution < 1.29 is 4.79 Å². The molecule has 3 nitrogen and oxygen atoms in total. The summed E-state index contributed by atoms with van der Waals surface area (Å²) in [6.45, 7) is 0. The molecule has 2 aromatic carbocycles. The highest BCUT2D eigenvalue weighted by molar-refractivity contribution is 7.98. The van der Waals surface area contributed by atoms with Gasteiger partial charge in [-0.3, -0.25) is 4.79 Å². The molecule has 20 heavy (non-hydrogen) atoms. The quantitative estimate of drug-likeness (QED) is 0.864. The second-order valence-electron chi connectivity index (χ2n) is 4.16. The lowest BCUT2D eigenvalue weighted by atomic mass is 10.1. The van der Waals surface area contributed by atoms with E-state index in [1.807, 2.05) is 42.5 Å². The van der Waals surface area contributed by atoms with Gasteiger partial charge in [0.15, 0.2) is 0 Å². The SMILES string of the molecule is CSc1ccccc1-c1ccc(NC(=O)CC#N)cc1. The number of amides is 1. The van der Waals surface area contributed by atoms with E-state index in [4.69, 9.17) is 5.26 Å². The normalized spacial score (nSPS) is 9.80. The molecule has 0 saturated carbocycles. The van der Waals surface area contributed by atoms with Crippen LogP contribution in [0.15, 0.2) is 53.4 Å². The molecule has 4 heteroatoms. The largest absolute Gasteiger partial charge is 0.325 e. The van der Waals surface area contributed by atoms with E-state index in [1.165, 1.54) is 10.5 Å². The molecule has 0 spiro atoms. The van der Waals surface area contributed by atoms with Gasteiger partial charge in [-0.2, -0.15) is 5.26 Å². The Morgan fingerprint density at radius 3 is 2.55 bits per heavy atom. The minimum atomic E-state index is -0.287. The molecular weight excluding hydrogens is 268 g/mol. The Morgan fingerprint density at radius 2 is 1.90 bits per heavy atom. The van der Waals surface area contributed by atoms with E-state index in [-0.39, 0.29) is 12.3 Å². The van der Waals surface area contributed by atoms with Crippen molar-refractivity contribution in [3.8, 4) is 17.2 Å². The average molecular weight is 282 g/mol. The van der Waals surface area contributed by atoms with E-state index < -0.39 is 0 Å². The number of carbonyl (C=O) groups is 1. The third-order valence-electron chi connectivity index (χ3n) is 2.83. The van der Waals surface area contributed by atoms with Gasteiger partial charge in [-0.05, 0) is 35.6 Å². The van der Waals surface area contributed by atoms with Crippen molar-refractivity contribution in [3.63, 3.8) is 0 Å². The average Bonchev–Trinajstić information content (AvgIpc) is 2.48. The third-order valence-corrected chi connectivity index (χ3v) is 3.62. The van der Waals surface area contributed by atoms with Crippen LogP contribution in [0.1, 0.15) is 6.42 Å². The highest BCUT2D eigenvalue weighted by atomic mass is 32.2. The predicted molar refractivity (Wildman–Crippen MR) is 82.5 cm³/mol. The van der Waals surface area contributed by atoms with Crippen LogP contribution in [0.2, 0.25) is 0 Å². The molecule has 0 radical (unpaired) electrons. The van der Waals surface area contributed by atoms with Crippen molar-refractivity contribution >= 4 is 23.4 Å². The fourth-order valence-corrected chi connectivity index (χ4v) is 2.51. The topological polar surface area (TPSA) is 52.9 Å². The molecule has 0 atom stereocenters. The summed E-state index contributed by atoms with van der Waals surface area (Å²) in [6.07, 6.45) is 1.92. The molecular formula is C16H14N2OS. The van der Waals surface area contributed by atoms with E-state index in [9.17, 15) is 4.79 Å². The summed E-state index contributed by atoms with van der Waals surface area (Å²) in [5.74, 6) is -0.287. The number of nitrogens with one attached hydrogen (secondary N) is 1. The molecule has 2 aromatic rings. The van der Waals surface area contributed by atoms with Crippen molar-refractivity contribution in [3.05, 3.63) is 48.5 Å². The second-order valence-corrected chi connectivity index (χ2v) is 5.01. The zero-order chi connectivity index (χ0) is 14.4. The van der Waals surface area contributed by atoms with Gasteiger partial charge in [0.25, 0.3) is 0 Å². The van der Waals surface area contributed by atoms with Crippen molar-refractivity contribution in [2.75, 3.05) is 11.6 Å². The molecule has 0 heterocycles. The Morgan fingerprint density at radius 1 is 1.20 bits per heavy atom. The lowest BCUT2D eigenvalue weighted by Gasteiger charge is -2.08. The molecule has 0 saturated heterocycles. The summed E-state index contributed by atoms with van der Waals surface area (Å²) in [5, 5.41) is 11.1. The lowest BCUT2D eigenvalue weighted by molar-refractivity contribution is -0.115.